The van der Waals surface area contributed by atoms with Gasteiger partial charge < -0.3 is 15.1 Å². The molecule has 3 heterocycles. The van der Waals surface area contributed by atoms with Crippen LogP contribution in [0.5, 0.6) is 0 Å². The molecule has 1 saturated heterocycles. The first kappa shape index (κ1) is 18.9. The van der Waals surface area contributed by atoms with E-state index in [0.29, 0.717) is 30.5 Å². The SMILES string of the molecule is O=c1c(NC2CC2)c(N2CCN(c3ccc4cccc(-c5cncnc5)c4n3)CC2)c1=O. The summed E-state index contributed by atoms with van der Waals surface area (Å²) in [6.07, 6.45) is 7.25. The van der Waals surface area contributed by atoms with Gasteiger partial charge in [0.15, 0.2) is 0 Å². The Balaban J connectivity index is 1.24. The quantitative estimate of drug-likeness (QED) is 0.486. The number of nitrogens with one attached hydrogen (secondary N) is 1. The molecule has 2 aromatic carbocycles. The molecular weight excluding hydrogens is 404 g/mol. The summed E-state index contributed by atoms with van der Waals surface area (Å²) >= 11 is 0. The number of fused-ring (bicyclic) bond motifs is 1. The molecule has 6 rings (SSSR count). The molecule has 8 heteroatoms. The number of pyridine rings is 1. The Hall–Kier alpha value is -3.81. The lowest BCUT2D eigenvalue weighted by atomic mass is 10.0. The molecule has 1 aliphatic carbocycles. The molecule has 1 aliphatic heterocycles. The van der Waals surface area contributed by atoms with Crippen molar-refractivity contribution in [3.8, 4) is 11.1 Å². The summed E-state index contributed by atoms with van der Waals surface area (Å²) in [5.74, 6) is 0.905. The van der Waals surface area contributed by atoms with E-state index in [-0.39, 0.29) is 10.9 Å². The Morgan fingerprint density at radius 1 is 0.875 bits per heavy atom. The van der Waals surface area contributed by atoms with Crippen LogP contribution in [-0.4, -0.2) is 47.2 Å². The largest absolute Gasteiger partial charge is 0.377 e. The summed E-state index contributed by atoms with van der Waals surface area (Å²) < 4.78 is 0. The minimum absolute atomic E-state index is 0.351. The van der Waals surface area contributed by atoms with Crippen molar-refractivity contribution in [2.75, 3.05) is 41.3 Å². The van der Waals surface area contributed by atoms with Gasteiger partial charge in [0.1, 0.15) is 23.5 Å². The van der Waals surface area contributed by atoms with Crippen LogP contribution in [0.15, 0.2) is 58.6 Å². The van der Waals surface area contributed by atoms with Crippen molar-refractivity contribution in [1.82, 2.24) is 15.0 Å². The van der Waals surface area contributed by atoms with Crippen LogP contribution < -0.4 is 26.0 Å². The van der Waals surface area contributed by atoms with Gasteiger partial charge in [0.2, 0.25) is 0 Å². The van der Waals surface area contributed by atoms with Crippen molar-refractivity contribution >= 4 is 28.1 Å². The highest BCUT2D eigenvalue weighted by Gasteiger charge is 2.32. The van der Waals surface area contributed by atoms with E-state index in [1.165, 1.54) is 6.33 Å². The fraction of sp³-hybridized carbons (Fsp3) is 0.292. The molecule has 0 atom stereocenters. The molecule has 8 nitrogen and oxygen atoms in total. The summed E-state index contributed by atoms with van der Waals surface area (Å²) in [7, 11) is 0. The van der Waals surface area contributed by atoms with Gasteiger partial charge in [-0.05, 0) is 25.0 Å². The van der Waals surface area contributed by atoms with Gasteiger partial charge in [0, 0.05) is 61.1 Å². The lowest BCUT2D eigenvalue weighted by Gasteiger charge is -2.37. The number of piperazine rings is 1. The minimum Gasteiger partial charge on any atom is -0.377 e. The Kier molecular flexibility index (Phi) is 4.38. The van der Waals surface area contributed by atoms with E-state index >= 15 is 0 Å². The third kappa shape index (κ3) is 3.19. The number of aromatic nitrogens is 3. The number of benzene rings is 1. The molecule has 32 heavy (non-hydrogen) atoms. The zero-order chi connectivity index (χ0) is 21.7. The third-order valence-corrected chi connectivity index (χ3v) is 6.31. The van der Waals surface area contributed by atoms with E-state index in [1.54, 1.807) is 12.4 Å². The molecule has 160 valence electrons. The molecule has 0 amide bonds. The van der Waals surface area contributed by atoms with Crippen molar-refractivity contribution in [2.24, 2.45) is 0 Å². The van der Waals surface area contributed by atoms with Crippen molar-refractivity contribution < 1.29 is 0 Å². The molecule has 1 N–H and O–H groups in total. The van der Waals surface area contributed by atoms with Gasteiger partial charge in [-0.25, -0.2) is 15.0 Å². The van der Waals surface area contributed by atoms with Crippen LogP contribution in [0.25, 0.3) is 22.0 Å². The Morgan fingerprint density at radius 2 is 1.62 bits per heavy atom. The highest BCUT2D eigenvalue weighted by molar-refractivity contribution is 5.94. The van der Waals surface area contributed by atoms with E-state index in [1.807, 2.05) is 23.1 Å². The number of para-hydroxylation sites is 1. The molecule has 1 saturated carbocycles. The van der Waals surface area contributed by atoms with Crippen LogP contribution in [0.4, 0.5) is 17.2 Å². The first-order chi connectivity index (χ1) is 15.7. The van der Waals surface area contributed by atoms with E-state index in [2.05, 4.69) is 32.3 Å². The summed E-state index contributed by atoms with van der Waals surface area (Å²) in [4.78, 5) is 41.8. The van der Waals surface area contributed by atoms with Crippen molar-refractivity contribution in [1.29, 1.82) is 0 Å². The highest BCUT2D eigenvalue weighted by atomic mass is 16.2. The van der Waals surface area contributed by atoms with Gasteiger partial charge in [-0.3, -0.25) is 9.59 Å². The molecular formula is C24H22N6O2. The average Bonchev–Trinajstić information content (AvgIpc) is 3.68. The van der Waals surface area contributed by atoms with Crippen LogP contribution in [0.3, 0.4) is 0 Å². The maximum atomic E-state index is 12.2. The lowest BCUT2D eigenvalue weighted by molar-refractivity contribution is 0.645. The minimum atomic E-state index is -0.372. The first-order valence-corrected chi connectivity index (χ1v) is 10.9. The normalized spacial score (nSPS) is 16.6. The second kappa shape index (κ2) is 7.40. The van der Waals surface area contributed by atoms with Gasteiger partial charge in [-0.2, -0.15) is 0 Å². The Morgan fingerprint density at radius 3 is 2.38 bits per heavy atom. The van der Waals surface area contributed by atoms with Crippen molar-refractivity contribution in [2.45, 2.75) is 18.9 Å². The number of hydrogen-bond donors (Lipinski definition) is 1. The predicted octanol–water partition coefficient (Wildman–Crippen LogP) is 2.19. The smallest absolute Gasteiger partial charge is 0.253 e. The van der Waals surface area contributed by atoms with Gasteiger partial charge in [0.05, 0.1) is 5.52 Å². The summed E-state index contributed by atoms with van der Waals surface area (Å²) in [5.41, 5.74) is 3.21. The number of nitrogens with zero attached hydrogens (tertiary/aromatic N) is 5. The van der Waals surface area contributed by atoms with Crippen molar-refractivity contribution in [3.05, 3.63) is 69.5 Å². The maximum Gasteiger partial charge on any atom is 0.253 e. The van der Waals surface area contributed by atoms with E-state index in [9.17, 15) is 9.59 Å². The summed E-state index contributed by atoms with van der Waals surface area (Å²) in [6, 6.07) is 10.6. The zero-order valence-corrected chi connectivity index (χ0v) is 17.5. The van der Waals surface area contributed by atoms with Crippen LogP contribution in [0.2, 0.25) is 0 Å². The van der Waals surface area contributed by atoms with Crippen LogP contribution in [0.1, 0.15) is 12.8 Å². The molecule has 2 aliphatic rings. The number of hydrogen-bond acceptors (Lipinski definition) is 8. The van der Waals surface area contributed by atoms with E-state index in [4.69, 9.17) is 4.98 Å². The highest BCUT2D eigenvalue weighted by Crippen LogP contribution is 2.31. The summed E-state index contributed by atoms with van der Waals surface area (Å²) in [5, 5.41) is 4.30. The van der Waals surface area contributed by atoms with E-state index < -0.39 is 0 Å². The lowest BCUT2D eigenvalue weighted by Crippen LogP contribution is -2.52. The predicted molar refractivity (Wildman–Crippen MR) is 125 cm³/mol. The summed E-state index contributed by atoms with van der Waals surface area (Å²) in [6.45, 7) is 2.82. The number of rotatable bonds is 5. The molecule has 0 radical (unpaired) electrons. The third-order valence-electron chi connectivity index (χ3n) is 6.31. The van der Waals surface area contributed by atoms with Crippen LogP contribution in [-0.2, 0) is 0 Å². The monoisotopic (exact) mass is 426 g/mol. The zero-order valence-electron chi connectivity index (χ0n) is 17.5. The molecule has 0 bridgehead atoms. The maximum absolute atomic E-state index is 12.2. The first-order valence-electron chi connectivity index (χ1n) is 10.9. The molecule has 2 aromatic heterocycles. The van der Waals surface area contributed by atoms with Crippen molar-refractivity contribution in [3.63, 3.8) is 0 Å². The Bertz CT molecular complexity index is 1370. The van der Waals surface area contributed by atoms with Crippen LogP contribution in [0, 0.1) is 0 Å². The average molecular weight is 426 g/mol. The van der Waals surface area contributed by atoms with Gasteiger partial charge >= 0.3 is 0 Å². The molecule has 2 fully saturated rings. The van der Waals surface area contributed by atoms with E-state index in [0.717, 1.165) is 53.8 Å². The molecule has 4 aromatic rings. The standard InChI is InChI=1S/C24H22N6O2/c31-23-21(27-17-5-6-17)22(24(23)32)30-10-8-29(9-11-30)19-7-4-15-2-1-3-18(20(15)28-19)16-12-25-14-26-13-16/h1-4,7,12-14,17,27H,5-6,8-11H2. The topological polar surface area (TPSA) is 91.3 Å². The fourth-order valence-corrected chi connectivity index (χ4v) is 4.39. The van der Waals surface area contributed by atoms with Gasteiger partial charge in [-0.15, -0.1) is 0 Å². The Labute approximate surface area is 184 Å². The fourth-order valence-electron chi connectivity index (χ4n) is 4.39. The van der Waals surface area contributed by atoms with Gasteiger partial charge in [-0.1, -0.05) is 18.2 Å². The second-order valence-electron chi connectivity index (χ2n) is 8.45. The molecule has 0 spiro atoms. The molecule has 0 unspecified atom stereocenters. The van der Waals surface area contributed by atoms with Crippen LogP contribution >= 0.6 is 0 Å². The second-order valence-corrected chi connectivity index (χ2v) is 8.45. The van der Waals surface area contributed by atoms with Gasteiger partial charge in [0.25, 0.3) is 10.9 Å². The number of anilines is 3.